The third-order valence-corrected chi connectivity index (χ3v) is 2.72. The lowest BCUT2D eigenvalue weighted by atomic mass is 10.1. The van der Waals surface area contributed by atoms with Crippen LogP contribution in [-0.4, -0.2) is 6.54 Å². The van der Waals surface area contributed by atoms with E-state index < -0.39 is 0 Å². The van der Waals surface area contributed by atoms with Crippen LogP contribution in [0.2, 0.25) is 5.02 Å². The van der Waals surface area contributed by atoms with Gasteiger partial charge in [-0.1, -0.05) is 35.4 Å². The second-order valence-electron chi connectivity index (χ2n) is 3.90. The van der Waals surface area contributed by atoms with E-state index in [1.807, 2.05) is 25.1 Å². The third kappa shape index (κ3) is 4.06. The van der Waals surface area contributed by atoms with Crippen molar-refractivity contribution in [2.75, 3.05) is 6.54 Å². The highest BCUT2D eigenvalue weighted by Crippen LogP contribution is 2.21. The van der Waals surface area contributed by atoms with Crippen LogP contribution in [0.5, 0.6) is 0 Å². The van der Waals surface area contributed by atoms with Crippen molar-refractivity contribution in [3.63, 3.8) is 0 Å². The molecule has 0 spiro atoms. The monoisotopic (exact) mass is 223 g/mol. The van der Waals surface area contributed by atoms with Gasteiger partial charge in [0.2, 0.25) is 0 Å². The molecular formula is C13H18ClN. The Morgan fingerprint density at radius 1 is 1.47 bits per heavy atom. The predicted molar refractivity (Wildman–Crippen MR) is 67.3 cm³/mol. The molecule has 1 aromatic rings. The summed E-state index contributed by atoms with van der Waals surface area (Å²) >= 11 is 6.10. The molecule has 0 radical (unpaired) electrons. The van der Waals surface area contributed by atoms with Gasteiger partial charge in [0.15, 0.2) is 0 Å². The van der Waals surface area contributed by atoms with Crippen molar-refractivity contribution in [2.24, 2.45) is 0 Å². The van der Waals surface area contributed by atoms with Gasteiger partial charge in [-0.15, -0.1) is 6.58 Å². The Kier molecular flexibility index (Phi) is 4.86. The summed E-state index contributed by atoms with van der Waals surface area (Å²) < 4.78 is 0. The van der Waals surface area contributed by atoms with Crippen LogP contribution >= 0.6 is 11.6 Å². The first-order chi connectivity index (χ1) is 7.11. The Bertz CT molecular complexity index is 333. The molecule has 1 aromatic carbocycles. The molecule has 0 aliphatic heterocycles. The average Bonchev–Trinajstić information content (AvgIpc) is 2.17. The Morgan fingerprint density at radius 3 is 2.73 bits per heavy atom. The summed E-state index contributed by atoms with van der Waals surface area (Å²) in [5.74, 6) is 0. The summed E-state index contributed by atoms with van der Waals surface area (Å²) in [6.07, 6.45) is 1.01. The van der Waals surface area contributed by atoms with E-state index in [4.69, 9.17) is 11.6 Å². The minimum absolute atomic E-state index is 0.290. The van der Waals surface area contributed by atoms with Crippen LogP contribution in [0.25, 0.3) is 0 Å². The van der Waals surface area contributed by atoms with Gasteiger partial charge in [0, 0.05) is 11.1 Å². The fourth-order valence-electron chi connectivity index (χ4n) is 1.44. The third-order valence-electron chi connectivity index (χ3n) is 2.37. The maximum absolute atomic E-state index is 6.10. The van der Waals surface area contributed by atoms with Gasteiger partial charge in [0.05, 0.1) is 0 Å². The zero-order valence-electron chi connectivity index (χ0n) is 9.39. The first-order valence-electron chi connectivity index (χ1n) is 5.23. The molecule has 0 unspecified atom stereocenters. The number of halogens is 1. The van der Waals surface area contributed by atoms with Crippen LogP contribution in [0.4, 0.5) is 0 Å². The van der Waals surface area contributed by atoms with E-state index in [-0.39, 0.29) is 6.04 Å². The Balaban J connectivity index is 2.50. The van der Waals surface area contributed by atoms with Gasteiger partial charge in [0.1, 0.15) is 0 Å². The summed E-state index contributed by atoms with van der Waals surface area (Å²) in [6, 6.07) is 8.23. The minimum atomic E-state index is 0.290. The lowest BCUT2D eigenvalue weighted by molar-refractivity contribution is 0.576. The van der Waals surface area contributed by atoms with Gasteiger partial charge in [-0.05, 0) is 38.4 Å². The van der Waals surface area contributed by atoms with E-state index in [9.17, 15) is 0 Å². The smallest absolute Gasteiger partial charge is 0.0453 e. The Labute approximate surface area is 97.1 Å². The van der Waals surface area contributed by atoms with Gasteiger partial charge < -0.3 is 5.32 Å². The second-order valence-corrected chi connectivity index (χ2v) is 4.31. The summed E-state index contributed by atoms with van der Waals surface area (Å²) in [5, 5.41) is 4.25. The predicted octanol–water partition coefficient (Wildman–Crippen LogP) is 3.96. The van der Waals surface area contributed by atoms with Crippen LogP contribution < -0.4 is 5.32 Å². The van der Waals surface area contributed by atoms with E-state index in [2.05, 4.69) is 24.9 Å². The molecule has 0 amide bonds. The van der Waals surface area contributed by atoms with E-state index >= 15 is 0 Å². The van der Waals surface area contributed by atoms with Crippen molar-refractivity contribution in [3.05, 3.63) is 47.0 Å². The first-order valence-corrected chi connectivity index (χ1v) is 5.61. The van der Waals surface area contributed by atoms with Gasteiger partial charge in [0.25, 0.3) is 0 Å². The Morgan fingerprint density at radius 2 is 2.13 bits per heavy atom. The number of hydrogen-bond donors (Lipinski definition) is 1. The lowest BCUT2D eigenvalue weighted by Crippen LogP contribution is -2.20. The summed E-state index contributed by atoms with van der Waals surface area (Å²) in [7, 11) is 0. The highest BCUT2D eigenvalue weighted by Gasteiger charge is 2.07. The zero-order valence-corrected chi connectivity index (χ0v) is 10.1. The van der Waals surface area contributed by atoms with Crippen molar-refractivity contribution in [1.29, 1.82) is 0 Å². The van der Waals surface area contributed by atoms with Gasteiger partial charge in [-0.25, -0.2) is 0 Å². The van der Waals surface area contributed by atoms with Crippen molar-refractivity contribution >= 4 is 11.6 Å². The molecule has 0 aliphatic rings. The van der Waals surface area contributed by atoms with Crippen molar-refractivity contribution < 1.29 is 0 Å². The zero-order chi connectivity index (χ0) is 11.3. The molecule has 0 heterocycles. The van der Waals surface area contributed by atoms with E-state index in [0.29, 0.717) is 0 Å². The molecule has 0 aliphatic carbocycles. The second kappa shape index (κ2) is 5.94. The van der Waals surface area contributed by atoms with Crippen LogP contribution in [0.3, 0.4) is 0 Å². The molecule has 1 nitrogen and oxygen atoms in total. The number of rotatable bonds is 5. The van der Waals surface area contributed by atoms with E-state index in [0.717, 1.165) is 23.6 Å². The highest BCUT2D eigenvalue weighted by atomic mass is 35.5. The van der Waals surface area contributed by atoms with Crippen LogP contribution in [0.1, 0.15) is 31.9 Å². The van der Waals surface area contributed by atoms with E-state index in [1.165, 1.54) is 5.57 Å². The standard InChI is InChI=1S/C13H18ClN/c1-10(2)8-9-15-11(3)12-6-4-5-7-13(12)14/h4-7,11,15H,1,8-9H2,2-3H3/t11-/m1/s1. The van der Waals surface area contributed by atoms with Crippen molar-refractivity contribution in [1.82, 2.24) is 5.32 Å². The fraction of sp³-hybridized carbons (Fsp3) is 0.385. The molecule has 2 heteroatoms. The molecule has 1 rings (SSSR count). The molecule has 82 valence electrons. The quantitative estimate of drug-likeness (QED) is 0.746. The lowest BCUT2D eigenvalue weighted by Gasteiger charge is -2.15. The van der Waals surface area contributed by atoms with Gasteiger partial charge >= 0.3 is 0 Å². The average molecular weight is 224 g/mol. The molecule has 0 saturated heterocycles. The van der Waals surface area contributed by atoms with Crippen LogP contribution in [0, 0.1) is 0 Å². The molecule has 1 N–H and O–H groups in total. The number of nitrogens with one attached hydrogen (secondary N) is 1. The van der Waals surface area contributed by atoms with Gasteiger partial charge in [-0.3, -0.25) is 0 Å². The highest BCUT2D eigenvalue weighted by molar-refractivity contribution is 6.31. The molecule has 0 aromatic heterocycles. The topological polar surface area (TPSA) is 12.0 Å². The summed E-state index contributed by atoms with van der Waals surface area (Å²) in [5.41, 5.74) is 2.36. The number of hydrogen-bond acceptors (Lipinski definition) is 1. The maximum Gasteiger partial charge on any atom is 0.0453 e. The molecule has 0 fully saturated rings. The van der Waals surface area contributed by atoms with Crippen LogP contribution in [-0.2, 0) is 0 Å². The molecule has 15 heavy (non-hydrogen) atoms. The largest absolute Gasteiger partial charge is 0.310 e. The van der Waals surface area contributed by atoms with Crippen molar-refractivity contribution in [2.45, 2.75) is 26.3 Å². The summed E-state index contributed by atoms with van der Waals surface area (Å²) in [6.45, 7) is 8.99. The summed E-state index contributed by atoms with van der Waals surface area (Å²) in [4.78, 5) is 0. The molecular weight excluding hydrogens is 206 g/mol. The SMILES string of the molecule is C=C(C)CCN[C@H](C)c1ccccc1Cl. The maximum atomic E-state index is 6.10. The molecule has 0 saturated carbocycles. The Hall–Kier alpha value is -0.790. The molecule has 0 bridgehead atoms. The fourth-order valence-corrected chi connectivity index (χ4v) is 1.74. The first kappa shape index (κ1) is 12.3. The number of benzene rings is 1. The molecule has 1 atom stereocenters. The van der Waals surface area contributed by atoms with E-state index in [1.54, 1.807) is 0 Å². The van der Waals surface area contributed by atoms with Crippen molar-refractivity contribution in [3.8, 4) is 0 Å². The minimum Gasteiger partial charge on any atom is -0.310 e. The normalized spacial score (nSPS) is 12.5. The van der Waals surface area contributed by atoms with Gasteiger partial charge in [-0.2, -0.15) is 0 Å². The van der Waals surface area contributed by atoms with Crippen LogP contribution in [0.15, 0.2) is 36.4 Å².